The molecule has 0 spiro atoms. The number of amides is 2. The quantitative estimate of drug-likeness (QED) is 0.781. The van der Waals surface area contributed by atoms with Crippen molar-refractivity contribution in [3.63, 3.8) is 0 Å². The molecule has 142 valence electrons. The number of anilines is 2. The first-order chi connectivity index (χ1) is 13.1. The maximum atomic E-state index is 12.2. The molecule has 0 saturated carbocycles. The first-order valence-corrected chi connectivity index (χ1v) is 9.20. The second-order valence-electron chi connectivity index (χ2n) is 6.16. The van der Waals surface area contributed by atoms with Crippen molar-refractivity contribution in [2.45, 2.75) is 19.8 Å². The van der Waals surface area contributed by atoms with Gasteiger partial charge >= 0.3 is 0 Å². The monoisotopic (exact) mass is 388 g/mol. The lowest BCUT2D eigenvalue weighted by Crippen LogP contribution is -2.39. The third-order valence-corrected chi connectivity index (χ3v) is 4.36. The normalized spacial score (nSPS) is 13.0. The minimum Gasteiger partial charge on any atom is -0.484 e. The van der Waals surface area contributed by atoms with Crippen LogP contribution in [-0.4, -0.2) is 31.6 Å². The van der Waals surface area contributed by atoms with Gasteiger partial charge in [-0.2, -0.15) is 0 Å². The summed E-state index contributed by atoms with van der Waals surface area (Å²) in [4.78, 5) is 26.0. The Morgan fingerprint density at radius 1 is 1.26 bits per heavy atom. The van der Waals surface area contributed by atoms with E-state index in [1.807, 2.05) is 0 Å². The largest absolute Gasteiger partial charge is 0.484 e. The van der Waals surface area contributed by atoms with Gasteiger partial charge in [0.15, 0.2) is 13.2 Å². The van der Waals surface area contributed by atoms with Crippen LogP contribution in [0.5, 0.6) is 11.5 Å². The molecule has 7 heteroatoms. The molecule has 3 rings (SSSR count). The number of halogens is 1. The van der Waals surface area contributed by atoms with Crippen LogP contribution in [0.4, 0.5) is 11.4 Å². The molecule has 2 aromatic carbocycles. The molecule has 27 heavy (non-hydrogen) atoms. The SMILES string of the molecule is CCCCN1C(=O)COc2ccc(NC(=O)COc3ccc(Cl)cc3)cc21. The Morgan fingerprint density at radius 2 is 2.04 bits per heavy atom. The number of unbranched alkanes of at least 4 members (excludes halogenated alkanes) is 1. The Kier molecular flexibility index (Phi) is 6.19. The smallest absolute Gasteiger partial charge is 0.265 e. The van der Waals surface area contributed by atoms with E-state index in [2.05, 4.69) is 12.2 Å². The highest BCUT2D eigenvalue weighted by molar-refractivity contribution is 6.30. The topological polar surface area (TPSA) is 67.9 Å². The summed E-state index contributed by atoms with van der Waals surface area (Å²) in [7, 11) is 0. The summed E-state index contributed by atoms with van der Waals surface area (Å²) in [5.74, 6) is 0.824. The van der Waals surface area contributed by atoms with E-state index in [4.69, 9.17) is 21.1 Å². The van der Waals surface area contributed by atoms with Gasteiger partial charge in [0.2, 0.25) is 0 Å². The average molecular weight is 389 g/mol. The second-order valence-corrected chi connectivity index (χ2v) is 6.60. The molecule has 1 heterocycles. The number of hydrogen-bond donors (Lipinski definition) is 1. The fraction of sp³-hybridized carbons (Fsp3) is 0.300. The maximum absolute atomic E-state index is 12.2. The minimum atomic E-state index is -0.298. The lowest BCUT2D eigenvalue weighted by atomic mass is 10.2. The van der Waals surface area contributed by atoms with Crippen LogP contribution in [0, 0.1) is 0 Å². The number of nitrogens with one attached hydrogen (secondary N) is 1. The van der Waals surface area contributed by atoms with E-state index >= 15 is 0 Å². The van der Waals surface area contributed by atoms with E-state index in [9.17, 15) is 9.59 Å². The number of rotatable bonds is 7. The van der Waals surface area contributed by atoms with Crippen LogP contribution in [0.2, 0.25) is 5.02 Å². The molecule has 1 aliphatic heterocycles. The number of nitrogens with zero attached hydrogens (tertiary/aromatic N) is 1. The van der Waals surface area contributed by atoms with Gasteiger partial charge in [0, 0.05) is 17.3 Å². The number of ether oxygens (including phenoxy) is 2. The number of carbonyl (C=O) groups is 2. The molecule has 0 aliphatic carbocycles. The van der Waals surface area contributed by atoms with Crippen molar-refractivity contribution < 1.29 is 19.1 Å². The average Bonchev–Trinajstić information content (AvgIpc) is 2.67. The Labute approximate surface area is 163 Å². The Morgan fingerprint density at radius 3 is 2.78 bits per heavy atom. The van der Waals surface area contributed by atoms with E-state index in [0.29, 0.717) is 34.4 Å². The summed E-state index contributed by atoms with van der Waals surface area (Å²) in [6.07, 6.45) is 1.88. The van der Waals surface area contributed by atoms with Crippen LogP contribution in [0.1, 0.15) is 19.8 Å². The van der Waals surface area contributed by atoms with Gasteiger partial charge < -0.3 is 19.7 Å². The molecular formula is C20H21ClN2O4. The summed E-state index contributed by atoms with van der Waals surface area (Å²) >= 11 is 5.82. The van der Waals surface area contributed by atoms with Crippen molar-refractivity contribution in [3.05, 3.63) is 47.5 Å². The number of benzene rings is 2. The van der Waals surface area contributed by atoms with Crippen LogP contribution < -0.4 is 19.7 Å². The molecule has 0 aromatic heterocycles. The van der Waals surface area contributed by atoms with Gasteiger partial charge in [0.1, 0.15) is 11.5 Å². The van der Waals surface area contributed by atoms with E-state index < -0.39 is 0 Å². The summed E-state index contributed by atoms with van der Waals surface area (Å²) in [5, 5.41) is 3.38. The lowest BCUT2D eigenvalue weighted by molar-refractivity contribution is -0.121. The van der Waals surface area contributed by atoms with Gasteiger partial charge in [-0.3, -0.25) is 9.59 Å². The lowest BCUT2D eigenvalue weighted by Gasteiger charge is -2.29. The fourth-order valence-electron chi connectivity index (χ4n) is 2.72. The summed E-state index contributed by atoms with van der Waals surface area (Å²) in [5.41, 5.74) is 1.26. The molecular weight excluding hydrogens is 368 g/mol. The van der Waals surface area contributed by atoms with Gasteiger partial charge in [-0.25, -0.2) is 0 Å². The standard InChI is InChI=1S/C20H21ClN2O4/c1-2-3-10-23-17-11-15(6-9-18(17)27-13-20(23)25)22-19(24)12-26-16-7-4-14(21)5-8-16/h4-9,11H,2-3,10,12-13H2,1H3,(H,22,24). The minimum absolute atomic E-state index is 0.0390. The molecule has 0 saturated heterocycles. The molecule has 6 nitrogen and oxygen atoms in total. The molecule has 0 atom stereocenters. The van der Waals surface area contributed by atoms with Crippen LogP contribution in [0.15, 0.2) is 42.5 Å². The molecule has 2 aromatic rings. The number of hydrogen-bond acceptors (Lipinski definition) is 4. The first kappa shape index (κ1) is 19.0. The first-order valence-electron chi connectivity index (χ1n) is 8.82. The van der Waals surface area contributed by atoms with Crippen LogP contribution in [0.25, 0.3) is 0 Å². The molecule has 1 N–H and O–H groups in total. The van der Waals surface area contributed by atoms with Crippen LogP contribution in [0.3, 0.4) is 0 Å². The Bertz CT molecular complexity index is 823. The highest BCUT2D eigenvalue weighted by Crippen LogP contribution is 2.34. The third kappa shape index (κ3) is 4.92. The Balaban J connectivity index is 1.65. The third-order valence-electron chi connectivity index (χ3n) is 4.10. The highest BCUT2D eigenvalue weighted by Gasteiger charge is 2.25. The van der Waals surface area contributed by atoms with E-state index in [1.54, 1.807) is 47.4 Å². The number of carbonyl (C=O) groups excluding carboxylic acids is 2. The summed E-state index contributed by atoms with van der Waals surface area (Å²) in [6, 6.07) is 12.0. The molecule has 0 radical (unpaired) electrons. The predicted molar refractivity (Wildman–Crippen MR) is 105 cm³/mol. The molecule has 0 fully saturated rings. The van der Waals surface area contributed by atoms with Crippen molar-refractivity contribution in [1.82, 2.24) is 0 Å². The fourth-order valence-corrected chi connectivity index (χ4v) is 2.84. The Hall–Kier alpha value is -2.73. The zero-order valence-electron chi connectivity index (χ0n) is 15.0. The second kappa shape index (κ2) is 8.77. The predicted octanol–water partition coefficient (Wildman–Crippen LogP) is 3.88. The van der Waals surface area contributed by atoms with Crippen molar-refractivity contribution in [1.29, 1.82) is 0 Å². The highest BCUT2D eigenvalue weighted by atomic mass is 35.5. The van der Waals surface area contributed by atoms with Crippen molar-refractivity contribution in [2.75, 3.05) is 30.0 Å². The maximum Gasteiger partial charge on any atom is 0.265 e. The van der Waals surface area contributed by atoms with Crippen LogP contribution in [-0.2, 0) is 9.59 Å². The zero-order valence-corrected chi connectivity index (χ0v) is 15.8. The van der Waals surface area contributed by atoms with E-state index in [-0.39, 0.29) is 25.0 Å². The van der Waals surface area contributed by atoms with E-state index in [0.717, 1.165) is 12.8 Å². The zero-order chi connectivity index (χ0) is 19.2. The molecule has 0 bridgehead atoms. The number of fused-ring (bicyclic) bond motifs is 1. The van der Waals surface area contributed by atoms with Gasteiger partial charge in [0.25, 0.3) is 11.8 Å². The van der Waals surface area contributed by atoms with Gasteiger partial charge in [-0.15, -0.1) is 0 Å². The van der Waals surface area contributed by atoms with Crippen molar-refractivity contribution in [2.24, 2.45) is 0 Å². The van der Waals surface area contributed by atoms with Crippen molar-refractivity contribution >= 4 is 34.8 Å². The summed E-state index contributed by atoms with van der Waals surface area (Å²) in [6.45, 7) is 2.61. The van der Waals surface area contributed by atoms with Crippen LogP contribution >= 0.6 is 11.6 Å². The molecule has 2 amide bonds. The summed E-state index contributed by atoms with van der Waals surface area (Å²) < 4.78 is 10.9. The van der Waals surface area contributed by atoms with Gasteiger partial charge in [-0.1, -0.05) is 24.9 Å². The van der Waals surface area contributed by atoms with Crippen molar-refractivity contribution in [3.8, 4) is 11.5 Å². The molecule has 1 aliphatic rings. The molecule has 0 unspecified atom stereocenters. The van der Waals surface area contributed by atoms with E-state index in [1.165, 1.54) is 0 Å². The van der Waals surface area contributed by atoms with Gasteiger partial charge in [-0.05, 0) is 48.9 Å². The van der Waals surface area contributed by atoms with Gasteiger partial charge in [0.05, 0.1) is 5.69 Å².